The van der Waals surface area contributed by atoms with E-state index in [1.165, 1.54) is 96.3 Å². The van der Waals surface area contributed by atoms with E-state index in [2.05, 4.69) is 40.7 Å². The molecule has 0 aromatic rings. The normalized spacial score (nSPS) is 12.1. The van der Waals surface area contributed by atoms with E-state index in [1.807, 2.05) is 0 Å². The Bertz CT molecular complexity index is 1070. The van der Waals surface area contributed by atoms with E-state index in [-0.39, 0.29) is 24.0 Å². The predicted octanol–water partition coefficient (Wildman–Crippen LogP) is 12.2. The second-order valence-electron chi connectivity index (χ2n) is 17.1. The molecule has 0 atom stereocenters. The Morgan fingerprint density at radius 2 is 0.949 bits per heavy atom. The molecule has 11 heteroatoms. The number of carbonyl (C=O) groups is 2. The topological polar surface area (TPSA) is 126 Å². The number of guanidine groups is 1. The maximum Gasteiger partial charge on any atom is 0.306 e. The molecule has 350 valence electrons. The van der Waals surface area contributed by atoms with Crippen LogP contribution in [-0.2, 0) is 29.1 Å². The van der Waals surface area contributed by atoms with Crippen LogP contribution >= 0.6 is 0 Å². The van der Waals surface area contributed by atoms with Gasteiger partial charge in [-0.25, -0.2) is 8.42 Å². The first kappa shape index (κ1) is 57.1. The summed E-state index contributed by atoms with van der Waals surface area (Å²) in [6.45, 7) is 10.9. The van der Waals surface area contributed by atoms with Crippen molar-refractivity contribution in [2.45, 2.75) is 245 Å². The fourth-order valence-electron chi connectivity index (χ4n) is 7.58. The lowest BCUT2D eigenvalue weighted by Gasteiger charge is -2.22. The van der Waals surface area contributed by atoms with Gasteiger partial charge < -0.3 is 25.0 Å². The summed E-state index contributed by atoms with van der Waals surface area (Å²) in [6.07, 6.45) is 39.6. The third kappa shape index (κ3) is 42.6. The molecule has 0 unspecified atom stereocenters. The summed E-state index contributed by atoms with van der Waals surface area (Å²) >= 11 is 0. The molecule has 0 aliphatic carbocycles. The van der Waals surface area contributed by atoms with Crippen molar-refractivity contribution in [2.24, 2.45) is 4.40 Å². The van der Waals surface area contributed by atoms with Crippen molar-refractivity contribution in [3.63, 3.8) is 0 Å². The van der Waals surface area contributed by atoms with Gasteiger partial charge in [0.1, 0.15) is 6.10 Å². The number of rotatable bonds is 44. The Hall–Kier alpha value is -1.88. The standard InChI is InChI=1S/C48H96N4O6S/c1-6-9-12-15-18-27-34-44-57-46(53)38-30-23-19-25-32-41-52(43-35-40-50-48(49-4)51-59(5,55)56)42-33-26-20-24-31-39-47(54)58-45(36-28-21-16-13-10-7-2)37-29-22-17-14-11-8-3/h45H,6-44H2,1-5H3,(H2,49,50,51). The minimum atomic E-state index is -3.47. The number of esters is 2. The molecule has 0 aromatic heterocycles. The van der Waals surface area contributed by atoms with Crippen molar-refractivity contribution in [3.05, 3.63) is 0 Å². The van der Waals surface area contributed by atoms with E-state index in [0.717, 1.165) is 135 Å². The average molecular weight is 857 g/mol. The van der Waals surface area contributed by atoms with E-state index in [0.29, 0.717) is 26.0 Å². The van der Waals surface area contributed by atoms with Gasteiger partial charge in [0, 0.05) is 26.4 Å². The third-order valence-corrected chi connectivity index (χ3v) is 11.7. The van der Waals surface area contributed by atoms with Gasteiger partial charge in [0.25, 0.3) is 10.0 Å². The number of unbranched alkanes of at least 4 members (excludes halogenated alkanes) is 24. The summed E-state index contributed by atoms with van der Waals surface area (Å²) < 4.78 is 38.4. The minimum Gasteiger partial charge on any atom is -0.466 e. The van der Waals surface area contributed by atoms with Gasteiger partial charge in [-0.15, -0.1) is 4.40 Å². The van der Waals surface area contributed by atoms with Crippen LogP contribution in [0.25, 0.3) is 0 Å². The van der Waals surface area contributed by atoms with Gasteiger partial charge in [-0.05, 0) is 83.8 Å². The Balaban J connectivity index is 4.55. The summed E-state index contributed by atoms with van der Waals surface area (Å²) in [5.74, 6) is 0.217. The molecule has 0 aliphatic rings. The molecule has 0 spiro atoms. The molecular weight excluding hydrogens is 761 g/mol. The predicted molar refractivity (Wildman–Crippen MR) is 251 cm³/mol. The Morgan fingerprint density at radius 3 is 1.42 bits per heavy atom. The van der Waals surface area contributed by atoms with Gasteiger partial charge in [-0.1, -0.05) is 162 Å². The summed E-state index contributed by atoms with van der Waals surface area (Å²) in [5.41, 5.74) is 0. The maximum atomic E-state index is 12.8. The molecule has 0 saturated carbocycles. The fourth-order valence-corrected chi connectivity index (χ4v) is 8.06. The van der Waals surface area contributed by atoms with Gasteiger partial charge in [-0.2, -0.15) is 0 Å². The van der Waals surface area contributed by atoms with Crippen molar-refractivity contribution in [2.75, 3.05) is 46.1 Å². The van der Waals surface area contributed by atoms with Crippen LogP contribution in [0.15, 0.2) is 4.40 Å². The lowest BCUT2D eigenvalue weighted by Crippen LogP contribution is -2.37. The number of sulfonamides is 1. The van der Waals surface area contributed by atoms with Gasteiger partial charge in [0.15, 0.2) is 0 Å². The van der Waals surface area contributed by atoms with Crippen molar-refractivity contribution in [1.29, 1.82) is 0 Å². The second kappa shape index (κ2) is 42.8. The van der Waals surface area contributed by atoms with Crippen LogP contribution in [-0.4, -0.2) is 83.4 Å². The van der Waals surface area contributed by atoms with Gasteiger partial charge in [-0.3, -0.25) is 9.59 Å². The molecule has 2 N–H and O–H groups in total. The number of nitrogens with one attached hydrogen (secondary N) is 2. The van der Waals surface area contributed by atoms with E-state index in [9.17, 15) is 18.0 Å². The van der Waals surface area contributed by atoms with Gasteiger partial charge in [0.2, 0.25) is 5.96 Å². The molecule has 0 radical (unpaired) electrons. The van der Waals surface area contributed by atoms with Gasteiger partial charge in [0.05, 0.1) is 12.9 Å². The lowest BCUT2D eigenvalue weighted by atomic mass is 10.0. The summed E-state index contributed by atoms with van der Waals surface area (Å²) in [6, 6.07) is 0. The lowest BCUT2D eigenvalue weighted by molar-refractivity contribution is -0.150. The van der Waals surface area contributed by atoms with Crippen molar-refractivity contribution in [1.82, 2.24) is 15.5 Å². The zero-order chi connectivity index (χ0) is 43.5. The van der Waals surface area contributed by atoms with Crippen LogP contribution in [0.5, 0.6) is 0 Å². The highest BCUT2D eigenvalue weighted by Crippen LogP contribution is 2.19. The van der Waals surface area contributed by atoms with E-state index in [1.54, 1.807) is 7.05 Å². The van der Waals surface area contributed by atoms with Crippen molar-refractivity contribution >= 4 is 27.9 Å². The van der Waals surface area contributed by atoms with Crippen LogP contribution in [0.1, 0.15) is 239 Å². The molecular formula is C48H96N4O6S. The SMILES string of the molecule is CCCCCCCCCOC(=O)CCCCCCCN(CCCCCCCC(=O)OC(CCCCCCCC)CCCCCCCC)CCCN/C(=N/S(C)(=O)=O)NC. The number of nitrogens with zero attached hydrogens (tertiary/aromatic N) is 2. The largest absolute Gasteiger partial charge is 0.466 e. The number of carbonyl (C=O) groups excluding carboxylic acids is 2. The van der Waals surface area contributed by atoms with Crippen LogP contribution < -0.4 is 10.6 Å². The monoisotopic (exact) mass is 857 g/mol. The molecule has 0 rings (SSSR count). The fraction of sp³-hybridized carbons (Fsp3) is 0.938. The van der Waals surface area contributed by atoms with Gasteiger partial charge >= 0.3 is 11.9 Å². The first-order valence-electron chi connectivity index (χ1n) is 24.9. The summed E-state index contributed by atoms with van der Waals surface area (Å²) in [7, 11) is -1.81. The van der Waals surface area contributed by atoms with Crippen LogP contribution in [0.2, 0.25) is 0 Å². The molecule has 0 aromatic carbocycles. The van der Waals surface area contributed by atoms with E-state index >= 15 is 0 Å². The Morgan fingerprint density at radius 1 is 0.542 bits per heavy atom. The Labute approximate surface area is 365 Å². The molecule has 59 heavy (non-hydrogen) atoms. The summed E-state index contributed by atoms with van der Waals surface area (Å²) in [5, 5.41) is 5.94. The molecule has 0 fully saturated rings. The van der Waals surface area contributed by atoms with Crippen LogP contribution in [0, 0.1) is 0 Å². The minimum absolute atomic E-state index is 0.00602. The highest BCUT2D eigenvalue weighted by Gasteiger charge is 2.15. The first-order chi connectivity index (χ1) is 28.6. The average Bonchev–Trinajstić information content (AvgIpc) is 3.20. The van der Waals surface area contributed by atoms with Crippen LogP contribution in [0.4, 0.5) is 0 Å². The number of ether oxygens (including phenoxy) is 2. The smallest absolute Gasteiger partial charge is 0.306 e. The Kier molecular flexibility index (Phi) is 41.4. The zero-order valence-corrected chi connectivity index (χ0v) is 40.2. The summed E-state index contributed by atoms with van der Waals surface area (Å²) in [4.78, 5) is 27.5. The van der Waals surface area contributed by atoms with Crippen molar-refractivity contribution in [3.8, 4) is 0 Å². The second-order valence-corrected chi connectivity index (χ2v) is 18.8. The quantitative estimate of drug-likeness (QED) is 0.0266. The highest BCUT2D eigenvalue weighted by atomic mass is 32.2. The molecule has 0 heterocycles. The third-order valence-electron chi connectivity index (χ3n) is 11.2. The highest BCUT2D eigenvalue weighted by molar-refractivity contribution is 7.89. The van der Waals surface area contributed by atoms with E-state index in [4.69, 9.17) is 9.47 Å². The molecule has 10 nitrogen and oxygen atoms in total. The van der Waals surface area contributed by atoms with Crippen molar-refractivity contribution < 1.29 is 27.5 Å². The molecule has 0 bridgehead atoms. The van der Waals surface area contributed by atoms with Crippen LogP contribution in [0.3, 0.4) is 0 Å². The number of hydrogen-bond acceptors (Lipinski definition) is 7. The first-order valence-corrected chi connectivity index (χ1v) is 26.8. The molecule has 0 amide bonds. The number of hydrogen-bond donors (Lipinski definition) is 2. The van der Waals surface area contributed by atoms with E-state index < -0.39 is 10.0 Å². The molecule has 0 aliphatic heterocycles. The maximum absolute atomic E-state index is 12.8. The molecule has 0 saturated heterocycles. The zero-order valence-electron chi connectivity index (χ0n) is 39.4.